The minimum absolute atomic E-state index is 0.228. The molecule has 1 aliphatic rings. The number of benzene rings is 2. The Morgan fingerprint density at radius 2 is 1.90 bits per heavy atom. The molecule has 110 valence electrons. The first kappa shape index (κ1) is 14.1. The topological polar surface area (TPSA) is 21.3 Å². The van der Waals surface area contributed by atoms with Crippen molar-refractivity contribution in [3.63, 3.8) is 0 Å². The highest BCUT2D eigenvalue weighted by Crippen LogP contribution is 2.22. The van der Waals surface area contributed by atoms with E-state index in [-0.39, 0.29) is 5.82 Å². The quantitative estimate of drug-likeness (QED) is 0.867. The Balaban J connectivity index is 1.66. The van der Waals surface area contributed by atoms with Crippen molar-refractivity contribution in [2.75, 3.05) is 0 Å². The van der Waals surface area contributed by atoms with Crippen LogP contribution in [0.25, 0.3) is 0 Å². The molecule has 1 fully saturated rings. The molecule has 0 unspecified atom stereocenters. The summed E-state index contributed by atoms with van der Waals surface area (Å²) in [7, 11) is 0. The van der Waals surface area contributed by atoms with Gasteiger partial charge in [0, 0.05) is 12.6 Å². The van der Waals surface area contributed by atoms with Crippen LogP contribution < -0.4 is 10.1 Å². The van der Waals surface area contributed by atoms with Gasteiger partial charge in [0.05, 0.1) is 0 Å². The van der Waals surface area contributed by atoms with Crippen molar-refractivity contribution in [2.45, 2.75) is 39.0 Å². The van der Waals surface area contributed by atoms with Gasteiger partial charge in [0.15, 0.2) is 0 Å². The molecule has 0 heterocycles. The van der Waals surface area contributed by atoms with Crippen LogP contribution in [0.1, 0.15) is 29.5 Å². The lowest BCUT2D eigenvalue weighted by molar-refractivity contribution is 0.302. The largest absolute Gasteiger partial charge is 0.489 e. The van der Waals surface area contributed by atoms with Crippen LogP contribution >= 0.6 is 0 Å². The molecule has 0 aliphatic heterocycles. The van der Waals surface area contributed by atoms with E-state index in [4.69, 9.17) is 4.74 Å². The number of hydrogen-bond donors (Lipinski definition) is 1. The van der Waals surface area contributed by atoms with E-state index in [2.05, 4.69) is 23.5 Å². The second-order valence-electron chi connectivity index (χ2n) is 5.62. The smallest absolute Gasteiger partial charge is 0.123 e. The minimum atomic E-state index is -0.228. The standard InChI is InChI=1S/C18H20FNO/c1-13-10-16(19)6-9-18(13)21-12-15-5-3-2-4-14(15)11-20-17-7-8-17/h2-6,9-10,17,20H,7-8,11-12H2,1H3. The lowest BCUT2D eigenvalue weighted by Crippen LogP contribution is -2.16. The third-order valence-electron chi connectivity index (χ3n) is 3.80. The van der Waals surface area contributed by atoms with Gasteiger partial charge in [0.2, 0.25) is 0 Å². The highest BCUT2D eigenvalue weighted by molar-refractivity contribution is 5.33. The SMILES string of the molecule is Cc1cc(F)ccc1OCc1ccccc1CNC1CC1. The molecule has 0 aromatic heterocycles. The maximum atomic E-state index is 13.1. The van der Waals surface area contributed by atoms with Gasteiger partial charge in [0.1, 0.15) is 18.2 Å². The fraction of sp³-hybridized carbons (Fsp3) is 0.333. The van der Waals surface area contributed by atoms with Gasteiger partial charge < -0.3 is 10.1 Å². The lowest BCUT2D eigenvalue weighted by atomic mass is 10.1. The van der Waals surface area contributed by atoms with Crippen molar-refractivity contribution in [1.82, 2.24) is 5.32 Å². The van der Waals surface area contributed by atoms with Crippen molar-refractivity contribution in [2.24, 2.45) is 0 Å². The molecule has 0 atom stereocenters. The monoisotopic (exact) mass is 285 g/mol. The van der Waals surface area contributed by atoms with Crippen molar-refractivity contribution in [1.29, 1.82) is 0 Å². The van der Waals surface area contributed by atoms with E-state index in [0.717, 1.165) is 17.9 Å². The van der Waals surface area contributed by atoms with Crippen molar-refractivity contribution in [3.8, 4) is 5.75 Å². The van der Waals surface area contributed by atoms with Crippen molar-refractivity contribution >= 4 is 0 Å². The Morgan fingerprint density at radius 3 is 2.62 bits per heavy atom. The molecule has 3 rings (SSSR count). The second kappa shape index (κ2) is 6.27. The van der Waals surface area contributed by atoms with Crippen LogP contribution in [0.3, 0.4) is 0 Å². The summed E-state index contributed by atoms with van der Waals surface area (Å²) in [6, 6.07) is 13.6. The molecule has 1 aliphatic carbocycles. The summed E-state index contributed by atoms with van der Waals surface area (Å²) in [5.74, 6) is 0.509. The molecular formula is C18H20FNO. The van der Waals surface area contributed by atoms with Crippen LogP contribution in [0.5, 0.6) is 5.75 Å². The molecule has 2 aromatic rings. The zero-order valence-corrected chi connectivity index (χ0v) is 12.2. The minimum Gasteiger partial charge on any atom is -0.489 e. The molecule has 0 amide bonds. The predicted octanol–water partition coefficient (Wildman–Crippen LogP) is 3.97. The molecule has 2 aromatic carbocycles. The van der Waals surface area contributed by atoms with E-state index >= 15 is 0 Å². The molecule has 0 radical (unpaired) electrons. The number of nitrogens with one attached hydrogen (secondary N) is 1. The normalized spacial score (nSPS) is 14.2. The maximum absolute atomic E-state index is 13.1. The highest BCUT2D eigenvalue weighted by Gasteiger charge is 2.20. The Labute approximate surface area is 125 Å². The van der Waals surface area contributed by atoms with E-state index in [9.17, 15) is 4.39 Å². The van der Waals surface area contributed by atoms with Gasteiger partial charge in [-0.1, -0.05) is 24.3 Å². The van der Waals surface area contributed by atoms with E-state index in [1.807, 2.05) is 13.0 Å². The van der Waals surface area contributed by atoms with Crippen LogP contribution in [0.2, 0.25) is 0 Å². The molecule has 0 bridgehead atoms. The summed E-state index contributed by atoms with van der Waals surface area (Å²) >= 11 is 0. The summed E-state index contributed by atoms with van der Waals surface area (Å²) in [5.41, 5.74) is 3.27. The average molecular weight is 285 g/mol. The van der Waals surface area contributed by atoms with E-state index in [1.54, 1.807) is 6.07 Å². The van der Waals surface area contributed by atoms with Crippen molar-refractivity contribution in [3.05, 3.63) is 65.0 Å². The van der Waals surface area contributed by atoms with Crippen LogP contribution in [0, 0.1) is 12.7 Å². The molecule has 1 saturated carbocycles. The van der Waals surface area contributed by atoms with Crippen LogP contribution in [-0.2, 0) is 13.2 Å². The molecular weight excluding hydrogens is 265 g/mol. The molecule has 0 spiro atoms. The first-order valence-corrected chi connectivity index (χ1v) is 7.41. The highest BCUT2D eigenvalue weighted by atomic mass is 19.1. The molecule has 2 nitrogen and oxygen atoms in total. The molecule has 3 heteroatoms. The summed E-state index contributed by atoms with van der Waals surface area (Å²) in [6.07, 6.45) is 2.57. The second-order valence-corrected chi connectivity index (χ2v) is 5.62. The third kappa shape index (κ3) is 3.82. The Morgan fingerprint density at radius 1 is 1.14 bits per heavy atom. The number of halogens is 1. The lowest BCUT2D eigenvalue weighted by Gasteiger charge is -2.13. The van der Waals surface area contributed by atoms with Crippen LogP contribution in [0.4, 0.5) is 4.39 Å². The number of aryl methyl sites for hydroxylation is 1. The number of hydrogen-bond acceptors (Lipinski definition) is 2. The molecule has 21 heavy (non-hydrogen) atoms. The zero-order valence-electron chi connectivity index (χ0n) is 12.2. The van der Waals surface area contributed by atoms with Gasteiger partial charge in [-0.05, 0) is 54.7 Å². The van der Waals surface area contributed by atoms with Gasteiger partial charge in [-0.25, -0.2) is 4.39 Å². The Bertz CT molecular complexity index is 622. The average Bonchev–Trinajstić information content (AvgIpc) is 3.29. The predicted molar refractivity (Wildman–Crippen MR) is 81.8 cm³/mol. The fourth-order valence-corrected chi connectivity index (χ4v) is 2.34. The Kier molecular flexibility index (Phi) is 4.20. The first-order chi connectivity index (χ1) is 10.2. The maximum Gasteiger partial charge on any atom is 0.123 e. The van der Waals surface area contributed by atoms with Gasteiger partial charge >= 0.3 is 0 Å². The Hall–Kier alpha value is -1.87. The first-order valence-electron chi connectivity index (χ1n) is 7.41. The summed E-state index contributed by atoms with van der Waals surface area (Å²) in [4.78, 5) is 0. The van der Waals surface area contributed by atoms with Gasteiger partial charge in [0.25, 0.3) is 0 Å². The van der Waals surface area contributed by atoms with Crippen molar-refractivity contribution < 1.29 is 9.13 Å². The zero-order chi connectivity index (χ0) is 14.7. The van der Waals surface area contributed by atoms with Gasteiger partial charge in [-0.3, -0.25) is 0 Å². The van der Waals surface area contributed by atoms with E-state index in [1.165, 1.54) is 36.1 Å². The summed E-state index contributed by atoms with van der Waals surface area (Å²) in [6.45, 7) is 3.25. The van der Waals surface area contributed by atoms with Gasteiger partial charge in [-0.2, -0.15) is 0 Å². The van der Waals surface area contributed by atoms with Crippen LogP contribution in [-0.4, -0.2) is 6.04 Å². The summed E-state index contributed by atoms with van der Waals surface area (Å²) in [5, 5.41) is 3.53. The summed E-state index contributed by atoms with van der Waals surface area (Å²) < 4.78 is 18.9. The molecule has 0 saturated heterocycles. The third-order valence-corrected chi connectivity index (χ3v) is 3.80. The number of rotatable bonds is 6. The fourth-order valence-electron chi connectivity index (χ4n) is 2.34. The van der Waals surface area contributed by atoms with E-state index < -0.39 is 0 Å². The van der Waals surface area contributed by atoms with E-state index in [0.29, 0.717) is 12.6 Å². The number of ether oxygens (including phenoxy) is 1. The van der Waals surface area contributed by atoms with Crippen LogP contribution in [0.15, 0.2) is 42.5 Å². The van der Waals surface area contributed by atoms with Gasteiger partial charge in [-0.15, -0.1) is 0 Å². The molecule has 1 N–H and O–H groups in total.